The molecule has 1 amide bonds. The molecule has 22 heavy (non-hydrogen) atoms. The fourth-order valence-electron chi connectivity index (χ4n) is 3.03. The molecule has 1 N–H and O–H groups in total. The number of carbonyl (C=O) groups excluding carboxylic acids is 1. The van der Waals surface area contributed by atoms with Gasteiger partial charge in [0.2, 0.25) is 5.91 Å². The first-order chi connectivity index (χ1) is 9.74. The number of nitrogens with one attached hydrogen (secondary N) is 1. The number of amides is 1. The standard InChI is InChI=1S/C15H24N4O.2ClH/c1-18-14(4-7-17-18)13-5-8-19(9-6-13)15(20)11-16-10-12-2-3-12;;/h4,7,12-13,16H,2-3,5-6,8-11H2,1H3;2*1H. The van der Waals surface area contributed by atoms with Crippen LogP contribution < -0.4 is 5.32 Å². The highest BCUT2D eigenvalue weighted by Crippen LogP contribution is 2.28. The molecule has 1 aromatic heterocycles. The van der Waals surface area contributed by atoms with Gasteiger partial charge in [0.1, 0.15) is 0 Å². The van der Waals surface area contributed by atoms with Crippen molar-refractivity contribution in [2.75, 3.05) is 26.2 Å². The van der Waals surface area contributed by atoms with Gasteiger partial charge in [-0.05, 0) is 44.2 Å². The molecule has 2 fully saturated rings. The summed E-state index contributed by atoms with van der Waals surface area (Å²) in [7, 11) is 1.99. The van der Waals surface area contributed by atoms with Gasteiger partial charge in [-0.2, -0.15) is 5.10 Å². The minimum absolute atomic E-state index is 0. The zero-order valence-corrected chi connectivity index (χ0v) is 14.7. The SMILES string of the molecule is Cl.Cl.Cn1nccc1C1CCN(C(=O)CNCC2CC2)CC1. The lowest BCUT2D eigenvalue weighted by atomic mass is 9.93. The summed E-state index contributed by atoms with van der Waals surface area (Å²) in [5, 5.41) is 7.52. The van der Waals surface area contributed by atoms with E-state index in [2.05, 4.69) is 16.5 Å². The topological polar surface area (TPSA) is 50.2 Å². The number of aryl methyl sites for hydroxylation is 1. The van der Waals surface area contributed by atoms with Crippen molar-refractivity contribution in [3.05, 3.63) is 18.0 Å². The Bertz CT molecular complexity index is 468. The number of hydrogen-bond donors (Lipinski definition) is 1. The van der Waals surface area contributed by atoms with Gasteiger partial charge in [0.05, 0.1) is 6.54 Å². The molecule has 0 spiro atoms. The summed E-state index contributed by atoms with van der Waals surface area (Å²) >= 11 is 0. The first-order valence-electron chi connectivity index (χ1n) is 7.70. The van der Waals surface area contributed by atoms with E-state index in [0.717, 1.165) is 38.4 Å². The average molecular weight is 349 g/mol. The van der Waals surface area contributed by atoms with E-state index in [4.69, 9.17) is 0 Å². The summed E-state index contributed by atoms with van der Waals surface area (Å²) in [6.07, 6.45) is 6.62. The first kappa shape index (κ1) is 19.3. The molecule has 0 aromatic carbocycles. The van der Waals surface area contributed by atoms with Crippen molar-refractivity contribution in [1.29, 1.82) is 0 Å². The fraction of sp³-hybridized carbons (Fsp3) is 0.733. The summed E-state index contributed by atoms with van der Waals surface area (Å²) in [5.74, 6) is 1.64. The quantitative estimate of drug-likeness (QED) is 0.884. The second-order valence-electron chi connectivity index (χ2n) is 6.11. The van der Waals surface area contributed by atoms with Crippen molar-refractivity contribution in [2.45, 2.75) is 31.6 Å². The largest absolute Gasteiger partial charge is 0.342 e. The number of likely N-dealkylation sites (tertiary alicyclic amines) is 1. The molecule has 1 aliphatic heterocycles. The van der Waals surface area contributed by atoms with Crippen LogP contribution >= 0.6 is 24.8 Å². The second-order valence-corrected chi connectivity index (χ2v) is 6.11. The predicted octanol–water partition coefficient (Wildman–Crippen LogP) is 1.97. The van der Waals surface area contributed by atoms with E-state index in [-0.39, 0.29) is 30.7 Å². The highest BCUT2D eigenvalue weighted by molar-refractivity contribution is 5.85. The Morgan fingerprint density at radius 3 is 2.50 bits per heavy atom. The van der Waals surface area contributed by atoms with Gasteiger partial charge in [-0.3, -0.25) is 9.48 Å². The monoisotopic (exact) mass is 348 g/mol. The van der Waals surface area contributed by atoms with E-state index in [0.29, 0.717) is 12.5 Å². The van der Waals surface area contributed by atoms with Gasteiger partial charge in [0, 0.05) is 37.9 Å². The van der Waals surface area contributed by atoms with Crippen LogP contribution in [0.3, 0.4) is 0 Å². The number of piperidine rings is 1. The van der Waals surface area contributed by atoms with Crippen molar-refractivity contribution in [3.63, 3.8) is 0 Å². The fourth-order valence-corrected chi connectivity index (χ4v) is 3.03. The van der Waals surface area contributed by atoms with Gasteiger partial charge in [-0.25, -0.2) is 0 Å². The summed E-state index contributed by atoms with van der Waals surface area (Å²) in [6, 6.07) is 2.10. The number of halogens is 2. The van der Waals surface area contributed by atoms with Gasteiger partial charge in [0.15, 0.2) is 0 Å². The van der Waals surface area contributed by atoms with Crippen LogP contribution in [0.2, 0.25) is 0 Å². The van der Waals surface area contributed by atoms with Crippen LogP contribution in [-0.4, -0.2) is 46.8 Å². The third-order valence-electron chi connectivity index (χ3n) is 4.53. The van der Waals surface area contributed by atoms with E-state index in [1.807, 2.05) is 22.8 Å². The number of nitrogens with zero attached hydrogens (tertiary/aromatic N) is 3. The molecule has 1 aromatic rings. The molecule has 0 unspecified atom stereocenters. The van der Waals surface area contributed by atoms with Crippen LogP contribution in [0.5, 0.6) is 0 Å². The molecule has 1 saturated carbocycles. The molecule has 0 bridgehead atoms. The predicted molar refractivity (Wildman–Crippen MR) is 91.9 cm³/mol. The van der Waals surface area contributed by atoms with Crippen LogP contribution in [0.15, 0.2) is 12.3 Å². The van der Waals surface area contributed by atoms with Crippen LogP contribution in [0.25, 0.3) is 0 Å². The Morgan fingerprint density at radius 2 is 1.95 bits per heavy atom. The maximum Gasteiger partial charge on any atom is 0.236 e. The van der Waals surface area contributed by atoms with Crippen molar-refractivity contribution < 1.29 is 4.79 Å². The highest BCUT2D eigenvalue weighted by Gasteiger charge is 2.26. The molecule has 1 saturated heterocycles. The molecular weight excluding hydrogens is 323 g/mol. The minimum atomic E-state index is 0. The van der Waals surface area contributed by atoms with E-state index < -0.39 is 0 Å². The van der Waals surface area contributed by atoms with E-state index in [9.17, 15) is 4.79 Å². The van der Waals surface area contributed by atoms with E-state index >= 15 is 0 Å². The molecule has 3 rings (SSSR count). The maximum atomic E-state index is 12.1. The summed E-state index contributed by atoms with van der Waals surface area (Å²) in [5.41, 5.74) is 1.30. The second kappa shape index (κ2) is 8.75. The van der Waals surface area contributed by atoms with Gasteiger partial charge in [0.25, 0.3) is 0 Å². The van der Waals surface area contributed by atoms with Crippen molar-refractivity contribution in [3.8, 4) is 0 Å². The van der Waals surface area contributed by atoms with Gasteiger partial charge >= 0.3 is 0 Å². The van der Waals surface area contributed by atoms with Crippen molar-refractivity contribution in [2.24, 2.45) is 13.0 Å². The summed E-state index contributed by atoms with van der Waals surface area (Å²) in [4.78, 5) is 14.1. The Kier molecular flexibility index (Phi) is 7.66. The Balaban J connectivity index is 0.00000121. The van der Waals surface area contributed by atoms with E-state index in [1.54, 1.807) is 0 Å². The average Bonchev–Trinajstić information content (AvgIpc) is 3.19. The highest BCUT2D eigenvalue weighted by atomic mass is 35.5. The Labute approximate surface area is 144 Å². The number of rotatable bonds is 5. The molecule has 2 aliphatic rings. The normalized spacial score (nSPS) is 18.5. The third-order valence-corrected chi connectivity index (χ3v) is 4.53. The molecule has 126 valence electrons. The van der Waals surface area contributed by atoms with Crippen molar-refractivity contribution >= 4 is 30.7 Å². The third kappa shape index (κ3) is 4.86. The number of hydrogen-bond acceptors (Lipinski definition) is 3. The smallest absolute Gasteiger partial charge is 0.236 e. The molecule has 0 radical (unpaired) electrons. The molecular formula is C15H26Cl2N4O. The molecule has 5 nitrogen and oxygen atoms in total. The molecule has 0 atom stereocenters. The van der Waals surface area contributed by atoms with Gasteiger partial charge in [-0.15, -0.1) is 24.8 Å². The molecule has 2 heterocycles. The van der Waals surface area contributed by atoms with Crippen LogP contribution in [0, 0.1) is 5.92 Å². The summed E-state index contributed by atoms with van der Waals surface area (Å²) in [6.45, 7) is 3.27. The minimum Gasteiger partial charge on any atom is -0.342 e. The maximum absolute atomic E-state index is 12.1. The first-order valence-corrected chi connectivity index (χ1v) is 7.70. The van der Waals surface area contributed by atoms with Crippen LogP contribution in [0.1, 0.15) is 37.3 Å². The van der Waals surface area contributed by atoms with Gasteiger partial charge in [-0.1, -0.05) is 0 Å². The molecule has 1 aliphatic carbocycles. The zero-order valence-electron chi connectivity index (χ0n) is 13.0. The number of carbonyl (C=O) groups is 1. The lowest BCUT2D eigenvalue weighted by molar-refractivity contribution is -0.131. The lowest BCUT2D eigenvalue weighted by Gasteiger charge is -2.32. The van der Waals surface area contributed by atoms with Crippen LogP contribution in [-0.2, 0) is 11.8 Å². The Hall–Kier alpha value is -0.780. The zero-order chi connectivity index (χ0) is 13.9. The van der Waals surface area contributed by atoms with E-state index in [1.165, 1.54) is 18.5 Å². The van der Waals surface area contributed by atoms with Gasteiger partial charge < -0.3 is 10.2 Å². The van der Waals surface area contributed by atoms with Crippen molar-refractivity contribution in [1.82, 2.24) is 20.0 Å². The summed E-state index contributed by atoms with van der Waals surface area (Å²) < 4.78 is 1.96. The number of aromatic nitrogens is 2. The lowest BCUT2D eigenvalue weighted by Crippen LogP contribution is -2.43. The van der Waals surface area contributed by atoms with Crippen LogP contribution in [0.4, 0.5) is 0 Å². The Morgan fingerprint density at radius 1 is 1.27 bits per heavy atom. The molecule has 7 heteroatoms.